The van der Waals surface area contributed by atoms with Gasteiger partial charge >= 0.3 is 5.97 Å². The van der Waals surface area contributed by atoms with Gasteiger partial charge in [-0.3, -0.25) is 0 Å². The van der Waals surface area contributed by atoms with Gasteiger partial charge in [0.15, 0.2) is 0 Å². The molecule has 6 nitrogen and oxygen atoms in total. The van der Waals surface area contributed by atoms with E-state index in [9.17, 15) is 10.1 Å². The number of ether oxygens (including phenoxy) is 2. The molecule has 0 aromatic heterocycles. The van der Waals surface area contributed by atoms with Crippen LogP contribution in [0.15, 0.2) is 30.3 Å². The van der Waals surface area contributed by atoms with E-state index in [4.69, 9.17) is 9.47 Å². The van der Waals surface area contributed by atoms with E-state index >= 15 is 0 Å². The molecule has 0 atom stereocenters. The molecule has 0 unspecified atom stereocenters. The highest BCUT2D eigenvalue weighted by molar-refractivity contribution is 5.92. The number of methoxy groups -OCH3 is 2. The number of nitrogens with zero attached hydrogens (tertiary/aromatic N) is 2. The molecule has 2 aromatic carbocycles. The molecule has 1 heterocycles. The van der Waals surface area contributed by atoms with Crippen molar-refractivity contribution in [2.45, 2.75) is 39.3 Å². The number of nitriles is 1. The minimum atomic E-state index is -0.311. The number of carbonyl (C=O) groups excluding carboxylic acids is 1. The Morgan fingerprint density at radius 2 is 1.87 bits per heavy atom. The second-order valence-electron chi connectivity index (χ2n) is 7.81. The van der Waals surface area contributed by atoms with Crippen LogP contribution in [0.5, 0.6) is 0 Å². The average molecular weight is 408 g/mol. The molecule has 0 radical (unpaired) electrons. The first-order valence-electron chi connectivity index (χ1n) is 10.2. The lowest BCUT2D eigenvalue weighted by Crippen LogP contribution is -2.39. The molecule has 0 spiro atoms. The largest absolute Gasteiger partial charge is 0.465 e. The predicted molar refractivity (Wildman–Crippen MR) is 118 cm³/mol. The molecule has 1 aliphatic rings. The van der Waals surface area contributed by atoms with Crippen LogP contribution in [0.25, 0.3) is 0 Å². The number of benzene rings is 2. The average Bonchev–Trinajstić information content (AvgIpc) is 2.75. The van der Waals surface area contributed by atoms with Gasteiger partial charge in [0.2, 0.25) is 0 Å². The van der Waals surface area contributed by atoms with Crippen molar-refractivity contribution in [3.8, 4) is 6.07 Å². The zero-order valence-electron chi connectivity index (χ0n) is 18.1. The fourth-order valence-corrected chi connectivity index (χ4v) is 4.01. The van der Waals surface area contributed by atoms with Crippen LogP contribution in [0.1, 0.15) is 45.5 Å². The summed E-state index contributed by atoms with van der Waals surface area (Å²) >= 11 is 0. The Balaban J connectivity index is 1.69. The molecular weight excluding hydrogens is 378 g/mol. The SMILES string of the molecule is COCc1cc(C#N)cc(N2CCC(Nc3cc(C(=O)OC)c(C)cc3C)CC2)c1. The van der Waals surface area contributed by atoms with Crippen molar-refractivity contribution in [1.82, 2.24) is 0 Å². The molecule has 2 aromatic rings. The maximum atomic E-state index is 12.0. The standard InChI is InChI=1S/C24H29N3O3/c1-16-9-17(2)23(13-22(16)24(28)30-4)26-20-5-7-27(8-6-20)21-11-18(14-25)10-19(12-21)15-29-3/h9-13,20,26H,5-8,15H2,1-4H3. The Morgan fingerprint density at radius 3 is 2.50 bits per heavy atom. The predicted octanol–water partition coefficient (Wildman–Crippen LogP) is 4.19. The minimum Gasteiger partial charge on any atom is -0.465 e. The Morgan fingerprint density at radius 1 is 1.13 bits per heavy atom. The molecule has 6 heteroatoms. The molecule has 1 saturated heterocycles. The van der Waals surface area contributed by atoms with Gasteiger partial charge in [-0.2, -0.15) is 5.26 Å². The third kappa shape index (κ3) is 4.92. The van der Waals surface area contributed by atoms with Crippen molar-refractivity contribution in [3.63, 3.8) is 0 Å². The number of esters is 1. The van der Waals surface area contributed by atoms with Gasteiger partial charge in [-0.05, 0) is 67.6 Å². The van der Waals surface area contributed by atoms with Crippen LogP contribution in [0.2, 0.25) is 0 Å². The van der Waals surface area contributed by atoms with E-state index in [0.29, 0.717) is 23.8 Å². The number of carbonyl (C=O) groups is 1. The van der Waals surface area contributed by atoms with Crippen LogP contribution < -0.4 is 10.2 Å². The molecule has 3 rings (SSSR count). The third-order valence-corrected chi connectivity index (χ3v) is 5.61. The number of hydrogen-bond acceptors (Lipinski definition) is 6. The second-order valence-corrected chi connectivity index (χ2v) is 7.81. The summed E-state index contributed by atoms with van der Waals surface area (Å²) in [6, 6.07) is 12.4. The van der Waals surface area contributed by atoms with E-state index in [1.165, 1.54) is 7.11 Å². The lowest BCUT2D eigenvalue weighted by Gasteiger charge is -2.35. The van der Waals surface area contributed by atoms with Crippen LogP contribution in [0.3, 0.4) is 0 Å². The highest BCUT2D eigenvalue weighted by atomic mass is 16.5. The summed E-state index contributed by atoms with van der Waals surface area (Å²) < 4.78 is 10.1. The van der Waals surface area contributed by atoms with Crippen molar-refractivity contribution in [1.29, 1.82) is 5.26 Å². The van der Waals surface area contributed by atoms with E-state index in [0.717, 1.165) is 54.0 Å². The van der Waals surface area contributed by atoms with Gasteiger partial charge in [0, 0.05) is 37.6 Å². The molecule has 1 N–H and O–H groups in total. The smallest absolute Gasteiger partial charge is 0.338 e. The maximum Gasteiger partial charge on any atom is 0.338 e. The normalized spacial score (nSPS) is 14.3. The fourth-order valence-electron chi connectivity index (χ4n) is 4.01. The highest BCUT2D eigenvalue weighted by Gasteiger charge is 2.21. The van der Waals surface area contributed by atoms with Crippen LogP contribution in [0, 0.1) is 25.2 Å². The monoisotopic (exact) mass is 407 g/mol. The Hall–Kier alpha value is -3.04. The summed E-state index contributed by atoms with van der Waals surface area (Å²) in [5, 5.41) is 12.9. The van der Waals surface area contributed by atoms with Gasteiger partial charge in [-0.25, -0.2) is 4.79 Å². The second kappa shape index (κ2) is 9.64. The third-order valence-electron chi connectivity index (χ3n) is 5.61. The Labute approximate surface area is 178 Å². The van der Waals surface area contributed by atoms with Gasteiger partial charge in [-0.1, -0.05) is 6.07 Å². The minimum absolute atomic E-state index is 0.311. The van der Waals surface area contributed by atoms with Crippen molar-refractivity contribution in [2.75, 3.05) is 37.5 Å². The summed E-state index contributed by atoms with van der Waals surface area (Å²) in [5.74, 6) is -0.311. The highest BCUT2D eigenvalue weighted by Crippen LogP contribution is 2.27. The van der Waals surface area contributed by atoms with Crippen molar-refractivity contribution in [2.24, 2.45) is 0 Å². The maximum absolute atomic E-state index is 12.0. The zero-order valence-corrected chi connectivity index (χ0v) is 18.1. The lowest BCUT2D eigenvalue weighted by molar-refractivity contribution is 0.0600. The quantitative estimate of drug-likeness (QED) is 0.724. The topological polar surface area (TPSA) is 74.6 Å². The van der Waals surface area contributed by atoms with E-state index in [2.05, 4.69) is 29.3 Å². The van der Waals surface area contributed by atoms with Crippen LogP contribution in [-0.4, -0.2) is 39.3 Å². The molecule has 0 aliphatic carbocycles. The van der Waals surface area contributed by atoms with Gasteiger partial charge < -0.3 is 19.7 Å². The number of hydrogen-bond donors (Lipinski definition) is 1. The summed E-state index contributed by atoms with van der Waals surface area (Å²) in [6.45, 7) is 6.27. The Kier molecular flexibility index (Phi) is 6.96. The molecule has 1 fully saturated rings. The van der Waals surface area contributed by atoms with Crippen molar-refractivity contribution < 1.29 is 14.3 Å². The number of piperidine rings is 1. The van der Waals surface area contributed by atoms with Gasteiger partial charge in [0.25, 0.3) is 0 Å². The molecular formula is C24H29N3O3. The summed E-state index contributed by atoms with van der Waals surface area (Å²) in [4.78, 5) is 14.3. The molecule has 158 valence electrons. The Bertz CT molecular complexity index is 957. The number of rotatable bonds is 6. The van der Waals surface area contributed by atoms with Gasteiger partial charge in [-0.15, -0.1) is 0 Å². The molecule has 30 heavy (non-hydrogen) atoms. The number of aryl methyl sites for hydroxylation is 2. The first-order chi connectivity index (χ1) is 14.4. The summed E-state index contributed by atoms with van der Waals surface area (Å²) in [5.41, 5.74) is 6.36. The molecule has 0 saturated carbocycles. The van der Waals surface area contributed by atoms with Crippen LogP contribution in [-0.2, 0) is 16.1 Å². The molecule has 0 bridgehead atoms. The zero-order chi connectivity index (χ0) is 21.7. The molecule has 1 aliphatic heterocycles. The lowest BCUT2D eigenvalue weighted by atomic mass is 10.00. The van der Waals surface area contributed by atoms with E-state index in [1.54, 1.807) is 7.11 Å². The van der Waals surface area contributed by atoms with E-state index in [-0.39, 0.29) is 5.97 Å². The van der Waals surface area contributed by atoms with Gasteiger partial charge in [0.1, 0.15) is 0 Å². The van der Waals surface area contributed by atoms with E-state index in [1.807, 2.05) is 31.2 Å². The number of anilines is 2. The van der Waals surface area contributed by atoms with Crippen LogP contribution >= 0.6 is 0 Å². The number of nitrogens with one attached hydrogen (secondary N) is 1. The van der Waals surface area contributed by atoms with Gasteiger partial charge in [0.05, 0.1) is 30.9 Å². The fraction of sp³-hybridized carbons (Fsp3) is 0.417. The van der Waals surface area contributed by atoms with Crippen LogP contribution in [0.4, 0.5) is 11.4 Å². The van der Waals surface area contributed by atoms with Crippen molar-refractivity contribution in [3.05, 3.63) is 58.1 Å². The summed E-state index contributed by atoms with van der Waals surface area (Å²) in [6.07, 6.45) is 1.94. The van der Waals surface area contributed by atoms with Crippen molar-refractivity contribution >= 4 is 17.3 Å². The first kappa shape index (κ1) is 21.7. The summed E-state index contributed by atoms with van der Waals surface area (Å²) in [7, 11) is 3.07. The molecule has 0 amide bonds. The van der Waals surface area contributed by atoms with E-state index < -0.39 is 0 Å². The first-order valence-corrected chi connectivity index (χ1v) is 10.2.